The van der Waals surface area contributed by atoms with Gasteiger partial charge in [-0.2, -0.15) is 4.39 Å². The van der Waals surface area contributed by atoms with E-state index < -0.39 is 5.95 Å². The highest BCUT2D eigenvalue weighted by molar-refractivity contribution is 5.41. The fraction of sp³-hybridized carbons (Fsp3) is 0.182. The highest BCUT2D eigenvalue weighted by Crippen LogP contribution is 2.11. The third kappa shape index (κ3) is 2.56. The lowest BCUT2D eigenvalue weighted by molar-refractivity contribution is 0.490. The molecule has 3 nitrogen and oxygen atoms in total. The van der Waals surface area contributed by atoms with Gasteiger partial charge in [0.15, 0.2) is 0 Å². The topological polar surface area (TPSA) is 38.1 Å². The maximum absolute atomic E-state index is 12.7. The van der Waals surface area contributed by atoms with Crippen molar-refractivity contribution >= 4 is 5.69 Å². The van der Waals surface area contributed by atoms with Crippen LogP contribution in [-0.2, 0) is 6.54 Å². The van der Waals surface area contributed by atoms with E-state index in [-0.39, 0.29) is 0 Å². The van der Waals surface area contributed by atoms with Crippen molar-refractivity contribution in [2.45, 2.75) is 13.5 Å². The van der Waals surface area contributed by atoms with Crippen LogP contribution in [0.1, 0.15) is 11.5 Å². The number of halogens is 1. The lowest BCUT2D eigenvalue weighted by atomic mass is 10.3. The van der Waals surface area contributed by atoms with Crippen LogP contribution in [0.5, 0.6) is 0 Å². The molecule has 2 aromatic heterocycles. The molecule has 1 N–H and O–H groups in total. The Morgan fingerprint density at radius 3 is 2.93 bits per heavy atom. The standard InChI is InChI=1S/C11H11FN2O/c1-8-2-3-10(15-8)7-14-9-4-5-13-11(12)6-9/h2-6H,7H2,1H3,(H,13,14). The number of nitrogens with zero attached hydrogens (tertiary/aromatic N) is 1. The molecule has 2 heterocycles. The molecule has 0 bridgehead atoms. The maximum atomic E-state index is 12.7. The van der Waals surface area contributed by atoms with Gasteiger partial charge in [-0.3, -0.25) is 0 Å². The molecule has 0 amide bonds. The number of hydrogen-bond donors (Lipinski definition) is 1. The van der Waals surface area contributed by atoms with Gasteiger partial charge >= 0.3 is 0 Å². The summed E-state index contributed by atoms with van der Waals surface area (Å²) in [5, 5.41) is 3.04. The Balaban J connectivity index is 1.99. The number of anilines is 1. The number of hydrogen-bond acceptors (Lipinski definition) is 3. The van der Waals surface area contributed by atoms with E-state index in [1.165, 1.54) is 12.3 Å². The van der Waals surface area contributed by atoms with E-state index in [4.69, 9.17) is 4.42 Å². The average Bonchev–Trinajstić information content (AvgIpc) is 2.62. The molecule has 0 unspecified atom stereocenters. The van der Waals surface area contributed by atoms with Gasteiger partial charge in [0.25, 0.3) is 0 Å². The van der Waals surface area contributed by atoms with Crippen LogP contribution in [0.2, 0.25) is 0 Å². The second-order valence-corrected chi connectivity index (χ2v) is 3.23. The molecule has 0 saturated carbocycles. The molecule has 0 atom stereocenters. The van der Waals surface area contributed by atoms with Crippen LogP contribution in [0.4, 0.5) is 10.1 Å². The molecule has 2 rings (SSSR count). The van der Waals surface area contributed by atoms with E-state index in [9.17, 15) is 4.39 Å². The summed E-state index contributed by atoms with van der Waals surface area (Å²) in [7, 11) is 0. The normalized spacial score (nSPS) is 10.3. The Bertz CT molecular complexity index is 453. The summed E-state index contributed by atoms with van der Waals surface area (Å²) in [4.78, 5) is 3.47. The molecular formula is C11H11FN2O. The van der Waals surface area contributed by atoms with Crippen molar-refractivity contribution in [3.63, 3.8) is 0 Å². The number of pyridine rings is 1. The molecule has 2 aromatic rings. The van der Waals surface area contributed by atoms with E-state index in [0.29, 0.717) is 12.2 Å². The first-order valence-electron chi connectivity index (χ1n) is 4.65. The zero-order valence-corrected chi connectivity index (χ0v) is 8.33. The molecule has 0 radical (unpaired) electrons. The second-order valence-electron chi connectivity index (χ2n) is 3.23. The highest BCUT2D eigenvalue weighted by Gasteiger charge is 1.99. The third-order valence-corrected chi connectivity index (χ3v) is 1.99. The molecule has 0 aromatic carbocycles. The maximum Gasteiger partial charge on any atom is 0.214 e. The Labute approximate surface area is 86.9 Å². The number of rotatable bonds is 3. The van der Waals surface area contributed by atoms with Gasteiger partial charge in [0.2, 0.25) is 5.95 Å². The lowest BCUT2D eigenvalue weighted by Gasteiger charge is -2.03. The molecule has 0 aliphatic carbocycles. The van der Waals surface area contributed by atoms with Crippen molar-refractivity contribution < 1.29 is 8.81 Å². The Hall–Kier alpha value is -1.84. The number of aryl methyl sites for hydroxylation is 1. The summed E-state index contributed by atoms with van der Waals surface area (Å²) in [5.41, 5.74) is 0.691. The minimum Gasteiger partial charge on any atom is -0.465 e. The van der Waals surface area contributed by atoms with Crippen LogP contribution in [-0.4, -0.2) is 4.98 Å². The van der Waals surface area contributed by atoms with Crippen molar-refractivity contribution in [3.8, 4) is 0 Å². The Kier molecular flexibility index (Phi) is 2.67. The van der Waals surface area contributed by atoms with Crippen molar-refractivity contribution in [2.24, 2.45) is 0 Å². The highest BCUT2D eigenvalue weighted by atomic mass is 19.1. The zero-order valence-electron chi connectivity index (χ0n) is 8.33. The summed E-state index contributed by atoms with van der Waals surface area (Å²) in [6.07, 6.45) is 1.42. The average molecular weight is 206 g/mol. The smallest absolute Gasteiger partial charge is 0.214 e. The summed E-state index contributed by atoms with van der Waals surface area (Å²) in [5.74, 6) is 1.20. The molecular weight excluding hydrogens is 195 g/mol. The van der Waals surface area contributed by atoms with Crippen LogP contribution in [0.15, 0.2) is 34.9 Å². The predicted octanol–water partition coefficient (Wildman–Crippen LogP) is 2.73. The molecule has 4 heteroatoms. The summed E-state index contributed by atoms with van der Waals surface area (Å²) in [6.45, 7) is 2.42. The summed E-state index contributed by atoms with van der Waals surface area (Å²) >= 11 is 0. The van der Waals surface area contributed by atoms with Gasteiger partial charge in [-0.15, -0.1) is 0 Å². The van der Waals surface area contributed by atoms with Gasteiger partial charge in [-0.1, -0.05) is 0 Å². The van der Waals surface area contributed by atoms with E-state index in [2.05, 4.69) is 10.3 Å². The zero-order chi connectivity index (χ0) is 10.7. The first-order valence-corrected chi connectivity index (χ1v) is 4.65. The van der Waals surface area contributed by atoms with E-state index in [0.717, 1.165) is 11.5 Å². The number of aromatic nitrogens is 1. The molecule has 0 aliphatic heterocycles. The third-order valence-electron chi connectivity index (χ3n) is 1.99. The second kappa shape index (κ2) is 4.13. The predicted molar refractivity (Wildman–Crippen MR) is 55.0 cm³/mol. The van der Waals surface area contributed by atoms with Crippen LogP contribution >= 0.6 is 0 Å². The number of furan rings is 1. The van der Waals surface area contributed by atoms with E-state index >= 15 is 0 Å². The SMILES string of the molecule is Cc1ccc(CNc2ccnc(F)c2)o1. The van der Waals surface area contributed by atoms with Gasteiger partial charge in [0, 0.05) is 18.0 Å². The van der Waals surface area contributed by atoms with Crippen molar-refractivity contribution in [2.75, 3.05) is 5.32 Å². The molecule has 0 aliphatic rings. The molecule has 0 saturated heterocycles. The first-order chi connectivity index (χ1) is 7.24. The van der Waals surface area contributed by atoms with Crippen LogP contribution in [0.3, 0.4) is 0 Å². The molecule has 0 fully saturated rings. The lowest BCUT2D eigenvalue weighted by Crippen LogP contribution is -1.98. The minimum atomic E-state index is -0.490. The van der Waals surface area contributed by atoms with Gasteiger partial charge < -0.3 is 9.73 Å². The van der Waals surface area contributed by atoms with Crippen molar-refractivity contribution in [1.29, 1.82) is 0 Å². The van der Waals surface area contributed by atoms with E-state index in [1.807, 2.05) is 19.1 Å². The molecule has 0 spiro atoms. The Morgan fingerprint density at radius 1 is 1.40 bits per heavy atom. The number of nitrogens with one attached hydrogen (secondary N) is 1. The fourth-order valence-corrected chi connectivity index (χ4v) is 1.28. The van der Waals surface area contributed by atoms with Crippen molar-refractivity contribution in [3.05, 3.63) is 47.9 Å². The van der Waals surface area contributed by atoms with Crippen LogP contribution < -0.4 is 5.32 Å². The van der Waals surface area contributed by atoms with Crippen LogP contribution in [0.25, 0.3) is 0 Å². The van der Waals surface area contributed by atoms with Gasteiger partial charge in [0.1, 0.15) is 11.5 Å². The van der Waals surface area contributed by atoms with Gasteiger partial charge in [0.05, 0.1) is 6.54 Å². The molecule has 78 valence electrons. The molecule has 15 heavy (non-hydrogen) atoms. The quantitative estimate of drug-likeness (QED) is 0.784. The fourth-order valence-electron chi connectivity index (χ4n) is 1.28. The minimum absolute atomic E-state index is 0.490. The van der Waals surface area contributed by atoms with Gasteiger partial charge in [-0.25, -0.2) is 4.98 Å². The first kappa shape index (κ1) is 9.71. The summed E-state index contributed by atoms with van der Waals surface area (Å²) < 4.78 is 18.1. The summed E-state index contributed by atoms with van der Waals surface area (Å²) in [6, 6.07) is 6.83. The monoisotopic (exact) mass is 206 g/mol. The van der Waals surface area contributed by atoms with Gasteiger partial charge in [-0.05, 0) is 25.1 Å². The van der Waals surface area contributed by atoms with E-state index in [1.54, 1.807) is 6.07 Å². The largest absolute Gasteiger partial charge is 0.465 e. The Morgan fingerprint density at radius 2 is 2.27 bits per heavy atom. The van der Waals surface area contributed by atoms with Crippen LogP contribution in [0, 0.1) is 12.9 Å². The van der Waals surface area contributed by atoms with Crippen molar-refractivity contribution in [1.82, 2.24) is 4.98 Å².